The Hall–Kier alpha value is -1.40. The number of carbonyl (C=O) groups is 1. The smallest absolute Gasteiger partial charge is 0.200 e. The number of hydrogen-bond donors (Lipinski definition) is 3. The van der Waals surface area contributed by atoms with Crippen molar-refractivity contribution in [2.45, 2.75) is 30.8 Å². The summed E-state index contributed by atoms with van der Waals surface area (Å²) in [5, 5.41) is 1.53. The highest BCUT2D eigenvalue weighted by Crippen LogP contribution is 2.33. The van der Waals surface area contributed by atoms with Crippen LogP contribution in [-0.4, -0.2) is 36.1 Å². The van der Waals surface area contributed by atoms with Crippen molar-refractivity contribution in [1.82, 2.24) is 4.98 Å². The third-order valence-corrected chi connectivity index (χ3v) is 5.10. The molecule has 3 unspecified atom stereocenters. The molecule has 1 aromatic carbocycles. The van der Waals surface area contributed by atoms with Crippen LogP contribution in [0.1, 0.15) is 29.8 Å². The van der Waals surface area contributed by atoms with Crippen molar-refractivity contribution in [2.24, 2.45) is 17.4 Å². The lowest BCUT2D eigenvalue weighted by atomic mass is 9.71. The van der Waals surface area contributed by atoms with Gasteiger partial charge in [0.25, 0.3) is 0 Å². The predicted molar refractivity (Wildman–Crippen MR) is 91.8 cm³/mol. The summed E-state index contributed by atoms with van der Waals surface area (Å²) in [6.07, 6.45) is 2.11. The molecule has 1 aromatic heterocycles. The van der Waals surface area contributed by atoms with E-state index in [-0.39, 0.29) is 11.8 Å². The van der Waals surface area contributed by atoms with Gasteiger partial charge in [-0.2, -0.15) is 0 Å². The number of ether oxygens (including phenoxy) is 1. The first-order chi connectivity index (χ1) is 10.9. The van der Waals surface area contributed by atoms with E-state index < -0.39 is 5.54 Å². The monoisotopic (exact) mass is 335 g/mol. The zero-order chi connectivity index (χ0) is 16.6. The van der Waals surface area contributed by atoms with Crippen molar-refractivity contribution in [3.05, 3.63) is 35.0 Å². The fourth-order valence-corrected chi connectivity index (χ4v) is 3.64. The van der Waals surface area contributed by atoms with Crippen LogP contribution in [0.5, 0.6) is 0 Å². The molecular weight excluding hydrogens is 314 g/mol. The van der Waals surface area contributed by atoms with Gasteiger partial charge in [-0.15, -0.1) is 0 Å². The van der Waals surface area contributed by atoms with Crippen LogP contribution < -0.4 is 11.5 Å². The highest BCUT2D eigenvalue weighted by Gasteiger charge is 2.45. The lowest BCUT2D eigenvalue weighted by Crippen LogP contribution is -2.63. The van der Waals surface area contributed by atoms with Crippen LogP contribution in [0.4, 0.5) is 0 Å². The molecule has 0 radical (unpaired) electrons. The first-order valence-corrected chi connectivity index (χ1v) is 8.18. The molecule has 0 spiro atoms. The van der Waals surface area contributed by atoms with Crippen LogP contribution in [0.25, 0.3) is 10.9 Å². The summed E-state index contributed by atoms with van der Waals surface area (Å²) < 4.78 is 5.19. The van der Waals surface area contributed by atoms with Crippen molar-refractivity contribution in [3.8, 4) is 0 Å². The Kier molecular flexibility index (Phi) is 4.47. The molecule has 3 rings (SSSR count). The Balaban J connectivity index is 1.85. The number of fused-ring (bicyclic) bond motifs is 1. The molecule has 6 heteroatoms. The molecule has 1 saturated carbocycles. The molecule has 1 fully saturated rings. The van der Waals surface area contributed by atoms with Crippen LogP contribution in [0.15, 0.2) is 24.3 Å². The lowest BCUT2D eigenvalue weighted by Gasteiger charge is -2.40. The van der Waals surface area contributed by atoms with Gasteiger partial charge in [0.1, 0.15) is 0 Å². The number of benzene rings is 1. The minimum atomic E-state index is -1.03. The van der Waals surface area contributed by atoms with Crippen LogP contribution in [-0.2, 0) is 4.74 Å². The van der Waals surface area contributed by atoms with Crippen molar-refractivity contribution < 1.29 is 9.53 Å². The quantitative estimate of drug-likeness (QED) is 0.748. The van der Waals surface area contributed by atoms with Crippen molar-refractivity contribution >= 4 is 28.3 Å². The Morgan fingerprint density at radius 3 is 2.96 bits per heavy atom. The second kappa shape index (κ2) is 6.24. The highest BCUT2D eigenvalue weighted by atomic mass is 35.5. The maximum atomic E-state index is 13.0. The summed E-state index contributed by atoms with van der Waals surface area (Å²) >= 11 is 6.00. The lowest BCUT2D eigenvalue weighted by molar-refractivity contribution is 0.0697. The van der Waals surface area contributed by atoms with E-state index in [0.717, 1.165) is 17.3 Å². The van der Waals surface area contributed by atoms with E-state index in [2.05, 4.69) is 4.98 Å². The average Bonchev–Trinajstić information content (AvgIpc) is 2.93. The summed E-state index contributed by atoms with van der Waals surface area (Å²) in [5.74, 6) is 0.231. The van der Waals surface area contributed by atoms with E-state index in [1.807, 2.05) is 12.1 Å². The van der Waals surface area contributed by atoms with Crippen LogP contribution in [0, 0.1) is 5.92 Å². The van der Waals surface area contributed by atoms with E-state index in [1.54, 1.807) is 19.2 Å². The van der Waals surface area contributed by atoms with E-state index in [0.29, 0.717) is 36.1 Å². The number of H-pyrrole nitrogens is 1. The number of Topliss-reactive ketones (excluding diaryl/α,β-unsaturated/α-hetero) is 1. The number of carbonyl (C=O) groups excluding carboxylic acids is 1. The van der Waals surface area contributed by atoms with Gasteiger partial charge in [-0.3, -0.25) is 4.79 Å². The Morgan fingerprint density at radius 2 is 2.26 bits per heavy atom. The Morgan fingerprint density at radius 1 is 1.48 bits per heavy atom. The number of aromatic nitrogens is 1. The summed E-state index contributed by atoms with van der Waals surface area (Å²) in [5.41, 5.74) is 13.0. The normalized spacial score (nSPS) is 28.2. The predicted octanol–water partition coefficient (Wildman–Crippen LogP) is 2.48. The Bertz CT molecular complexity index is 730. The SMILES string of the molecule is COCC1CCC(N)(C(=O)c2cc3cc(Cl)ccc3[nH]2)C(N)C1. The van der Waals surface area contributed by atoms with Crippen LogP contribution in [0.2, 0.25) is 5.02 Å². The fourth-order valence-electron chi connectivity index (χ4n) is 3.46. The van der Waals surface area contributed by atoms with Crippen LogP contribution >= 0.6 is 11.6 Å². The van der Waals surface area contributed by atoms with Gasteiger partial charge in [0, 0.05) is 35.7 Å². The number of hydrogen-bond acceptors (Lipinski definition) is 4. The van der Waals surface area contributed by atoms with Crippen LogP contribution in [0.3, 0.4) is 0 Å². The number of rotatable bonds is 4. The van der Waals surface area contributed by atoms with Gasteiger partial charge >= 0.3 is 0 Å². The molecule has 2 aromatic rings. The number of methoxy groups -OCH3 is 1. The number of halogens is 1. The van der Waals surface area contributed by atoms with Gasteiger partial charge in [-0.05, 0) is 49.4 Å². The number of nitrogens with two attached hydrogens (primary N) is 2. The Labute approximate surface area is 140 Å². The van der Waals surface area contributed by atoms with Gasteiger partial charge < -0.3 is 21.2 Å². The van der Waals surface area contributed by atoms with E-state index in [1.165, 1.54) is 0 Å². The van der Waals surface area contributed by atoms with Crippen molar-refractivity contribution in [1.29, 1.82) is 0 Å². The van der Waals surface area contributed by atoms with Gasteiger partial charge in [0.2, 0.25) is 0 Å². The van der Waals surface area contributed by atoms with Gasteiger partial charge in [0.05, 0.1) is 11.2 Å². The summed E-state index contributed by atoms with van der Waals surface area (Å²) in [7, 11) is 1.68. The molecule has 124 valence electrons. The molecule has 0 bridgehead atoms. The third-order valence-electron chi connectivity index (χ3n) is 4.87. The molecule has 5 nitrogen and oxygen atoms in total. The standard InChI is InChI=1S/C17H22ClN3O2/c1-23-9-10-4-5-17(20,15(19)6-10)16(22)14-8-11-7-12(18)2-3-13(11)21-14/h2-3,7-8,10,15,21H,4-6,9,19-20H2,1H3. The number of aromatic amines is 1. The van der Waals surface area contributed by atoms with Crippen molar-refractivity contribution in [3.63, 3.8) is 0 Å². The molecule has 0 amide bonds. The molecule has 0 aliphatic heterocycles. The maximum Gasteiger partial charge on any atom is 0.200 e. The molecular formula is C17H22ClN3O2. The molecule has 1 aliphatic rings. The molecule has 1 aliphatic carbocycles. The maximum absolute atomic E-state index is 13.0. The average molecular weight is 336 g/mol. The number of ketones is 1. The second-order valence-corrected chi connectivity index (χ2v) is 6.92. The summed E-state index contributed by atoms with van der Waals surface area (Å²) in [6, 6.07) is 6.88. The number of nitrogens with one attached hydrogen (secondary N) is 1. The zero-order valence-electron chi connectivity index (χ0n) is 13.1. The minimum absolute atomic E-state index is 0.131. The first-order valence-electron chi connectivity index (χ1n) is 7.80. The van der Waals surface area contributed by atoms with E-state index in [4.69, 9.17) is 27.8 Å². The van der Waals surface area contributed by atoms with Gasteiger partial charge in [-0.1, -0.05) is 11.6 Å². The van der Waals surface area contributed by atoms with E-state index in [9.17, 15) is 4.79 Å². The topological polar surface area (TPSA) is 94.1 Å². The second-order valence-electron chi connectivity index (χ2n) is 6.49. The van der Waals surface area contributed by atoms with Gasteiger partial charge in [0.15, 0.2) is 5.78 Å². The molecule has 1 heterocycles. The first kappa shape index (κ1) is 16.5. The molecule has 5 N–H and O–H groups in total. The van der Waals surface area contributed by atoms with E-state index >= 15 is 0 Å². The van der Waals surface area contributed by atoms with Gasteiger partial charge in [-0.25, -0.2) is 0 Å². The fraction of sp³-hybridized carbons (Fsp3) is 0.471. The zero-order valence-corrected chi connectivity index (χ0v) is 13.9. The minimum Gasteiger partial charge on any atom is -0.384 e. The third kappa shape index (κ3) is 3.02. The largest absolute Gasteiger partial charge is 0.384 e. The summed E-state index contributed by atoms with van der Waals surface area (Å²) in [6.45, 7) is 0.656. The highest BCUT2D eigenvalue weighted by molar-refractivity contribution is 6.31. The van der Waals surface area contributed by atoms with Crippen molar-refractivity contribution in [2.75, 3.05) is 13.7 Å². The molecule has 3 atom stereocenters. The molecule has 0 saturated heterocycles. The summed E-state index contributed by atoms with van der Waals surface area (Å²) in [4.78, 5) is 16.1. The molecule has 23 heavy (non-hydrogen) atoms.